The maximum atomic E-state index is 11.2. The highest BCUT2D eigenvalue weighted by atomic mass is 16.1. The van der Waals surface area contributed by atoms with Crippen molar-refractivity contribution in [2.45, 2.75) is 34.6 Å². The van der Waals surface area contributed by atoms with Crippen LogP contribution < -0.4 is 0 Å². The number of ketones is 1. The zero-order valence-electron chi connectivity index (χ0n) is 8.85. The van der Waals surface area contributed by atoms with E-state index in [1.807, 2.05) is 13.0 Å². The molecule has 0 aromatic carbocycles. The summed E-state index contributed by atoms with van der Waals surface area (Å²) in [5, 5.41) is 0. The van der Waals surface area contributed by atoms with E-state index >= 15 is 0 Å². The lowest BCUT2D eigenvalue weighted by Gasteiger charge is -2.34. The van der Waals surface area contributed by atoms with Crippen molar-refractivity contribution < 1.29 is 4.79 Å². The molecular weight excluding hydrogens is 148 g/mol. The highest BCUT2D eigenvalue weighted by molar-refractivity contribution is 5.78. The second kappa shape index (κ2) is 3.88. The number of hydrogen-bond donors (Lipinski definition) is 0. The number of allylic oxidation sites excluding steroid dienone is 1. The molecule has 0 spiro atoms. The van der Waals surface area contributed by atoms with Crippen LogP contribution in [-0.2, 0) is 4.79 Å². The van der Waals surface area contributed by atoms with E-state index in [0.717, 1.165) is 0 Å². The van der Waals surface area contributed by atoms with Crippen LogP contribution in [0.3, 0.4) is 0 Å². The molecule has 0 aliphatic carbocycles. The minimum atomic E-state index is 0.0214. The van der Waals surface area contributed by atoms with E-state index in [1.54, 1.807) is 6.92 Å². The Morgan fingerprint density at radius 1 is 1.42 bits per heavy atom. The standard InChI is InChI=1S/C11H20O/c1-7-8(2)11(5,6)9(3)10(4)12/h7-9H,1H2,2-6H3/t8?,9-/m0/s1. The van der Waals surface area contributed by atoms with E-state index < -0.39 is 0 Å². The maximum absolute atomic E-state index is 11.2. The molecule has 0 saturated carbocycles. The minimum Gasteiger partial charge on any atom is -0.300 e. The van der Waals surface area contributed by atoms with Crippen molar-refractivity contribution in [2.24, 2.45) is 17.3 Å². The fourth-order valence-electron chi connectivity index (χ4n) is 1.22. The van der Waals surface area contributed by atoms with Crippen molar-refractivity contribution in [1.29, 1.82) is 0 Å². The van der Waals surface area contributed by atoms with Crippen molar-refractivity contribution >= 4 is 5.78 Å². The fourth-order valence-corrected chi connectivity index (χ4v) is 1.22. The second-order valence-corrected chi connectivity index (χ2v) is 4.18. The first-order valence-electron chi connectivity index (χ1n) is 4.47. The average molecular weight is 168 g/mol. The molecule has 0 aromatic rings. The molecule has 0 heterocycles. The molecule has 0 radical (unpaired) electrons. The molecule has 0 saturated heterocycles. The van der Waals surface area contributed by atoms with Crippen LogP contribution in [0.15, 0.2) is 12.7 Å². The topological polar surface area (TPSA) is 17.1 Å². The Hall–Kier alpha value is -0.590. The molecule has 0 aromatic heterocycles. The van der Waals surface area contributed by atoms with Crippen LogP contribution in [-0.4, -0.2) is 5.78 Å². The van der Waals surface area contributed by atoms with Gasteiger partial charge in [0.1, 0.15) is 5.78 Å². The second-order valence-electron chi connectivity index (χ2n) is 4.18. The predicted molar refractivity (Wildman–Crippen MR) is 53.0 cm³/mol. The van der Waals surface area contributed by atoms with Gasteiger partial charge in [0.05, 0.1) is 0 Å². The van der Waals surface area contributed by atoms with E-state index in [0.29, 0.717) is 5.92 Å². The van der Waals surface area contributed by atoms with E-state index in [4.69, 9.17) is 0 Å². The molecule has 1 heteroatoms. The Morgan fingerprint density at radius 2 is 1.83 bits per heavy atom. The predicted octanol–water partition coefficient (Wildman–Crippen LogP) is 3.06. The van der Waals surface area contributed by atoms with Crippen LogP contribution in [0.5, 0.6) is 0 Å². The van der Waals surface area contributed by atoms with Gasteiger partial charge in [0, 0.05) is 5.92 Å². The molecule has 1 nitrogen and oxygen atoms in total. The highest BCUT2D eigenvalue weighted by Crippen LogP contribution is 2.35. The summed E-state index contributed by atoms with van der Waals surface area (Å²) in [6, 6.07) is 0. The lowest BCUT2D eigenvalue weighted by Crippen LogP contribution is -2.32. The first-order chi connectivity index (χ1) is 5.34. The Bertz CT molecular complexity index is 179. The van der Waals surface area contributed by atoms with Gasteiger partial charge in [-0.2, -0.15) is 0 Å². The van der Waals surface area contributed by atoms with Crippen LogP contribution in [0.1, 0.15) is 34.6 Å². The van der Waals surface area contributed by atoms with Gasteiger partial charge in [-0.15, -0.1) is 6.58 Å². The van der Waals surface area contributed by atoms with Crippen LogP contribution in [0, 0.1) is 17.3 Å². The van der Waals surface area contributed by atoms with Gasteiger partial charge in [-0.05, 0) is 18.3 Å². The molecule has 0 aliphatic heterocycles. The Labute approximate surface area is 75.9 Å². The summed E-state index contributed by atoms with van der Waals surface area (Å²) >= 11 is 0. The maximum Gasteiger partial charge on any atom is 0.133 e. The third-order valence-electron chi connectivity index (χ3n) is 3.25. The number of carbonyl (C=O) groups is 1. The number of rotatable bonds is 4. The quantitative estimate of drug-likeness (QED) is 0.590. The van der Waals surface area contributed by atoms with Crippen molar-refractivity contribution in [3.63, 3.8) is 0 Å². The zero-order chi connectivity index (χ0) is 9.94. The van der Waals surface area contributed by atoms with Crippen molar-refractivity contribution in [3.8, 4) is 0 Å². The molecular formula is C11H20O. The molecule has 70 valence electrons. The largest absolute Gasteiger partial charge is 0.300 e. The van der Waals surface area contributed by atoms with Gasteiger partial charge in [-0.25, -0.2) is 0 Å². The molecule has 0 rings (SSSR count). The monoisotopic (exact) mass is 168 g/mol. The summed E-state index contributed by atoms with van der Waals surface area (Å²) in [5.74, 6) is 0.732. The lowest BCUT2D eigenvalue weighted by atomic mass is 9.69. The molecule has 0 fully saturated rings. The normalized spacial score (nSPS) is 16.8. The van der Waals surface area contributed by atoms with Crippen molar-refractivity contribution in [3.05, 3.63) is 12.7 Å². The van der Waals surface area contributed by atoms with E-state index in [9.17, 15) is 4.79 Å². The lowest BCUT2D eigenvalue weighted by molar-refractivity contribution is -0.124. The fraction of sp³-hybridized carbons (Fsp3) is 0.727. The van der Waals surface area contributed by atoms with Gasteiger partial charge >= 0.3 is 0 Å². The number of carbonyl (C=O) groups excluding carboxylic acids is 1. The van der Waals surface area contributed by atoms with Gasteiger partial charge in [0.25, 0.3) is 0 Å². The third kappa shape index (κ3) is 2.20. The molecule has 0 aliphatic rings. The van der Waals surface area contributed by atoms with E-state index in [1.165, 1.54) is 0 Å². The molecule has 12 heavy (non-hydrogen) atoms. The van der Waals surface area contributed by atoms with Crippen LogP contribution in [0.2, 0.25) is 0 Å². The van der Waals surface area contributed by atoms with Gasteiger partial charge in [0.15, 0.2) is 0 Å². The first-order valence-corrected chi connectivity index (χ1v) is 4.47. The van der Waals surface area contributed by atoms with Crippen molar-refractivity contribution in [1.82, 2.24) is 0 Å². The summed E-state index contributed by atoms with van der Waals surface area (Å²) in [4.78, 5) is 11.2. The summed E-state index contributed by atoms with van der Waals surface area (Å²) in [6.45, 7) is 13.7. The smallest absolute Gasteiger partial charge is 0.133 e. The molecule has 0 bridgehead atoms. The summed E-state index contributed by atoms with van der Waals surface area (Å²) < 4.78 is 0. The third-order valence-corrected chi connectivity index (χ3v) is 3.25. The van der Waals surface area contributed by atoms with Gasteiger partial charge in [-0.3, -0.25) is 4.79 Å². The number of Topliss-reactive ketones (excluding diaryl/α,β-unsaturated/α-hetero) is 1. The van der Waals surface area contributed by atoms with E-state index in [-0.39, 0.29) is 17.1 Å². The summed E-state index contributed by atoms with van der Waals surface area (Å²) in [7, 11) is 0. The van der Waals surface area contributed by atoms with E-state index in [2.05, 4.69) is 27.4 Å². The van der Waals surface area contributed by atoms with Gasteiger partial charge in [-0.1, -0.05) is 33.8 Å². The van der Waals surface area contributed by atoms with Gasteiger partial charge < -0.3 is 0 Å². The Morgan fingerprint density at radius 3 is 2.08 bits per heavy atom. The molecule has 0 N–H and O–H groups in total. The average Bonchev–Trinajstić information content (AvgIpc) is 2.01. The molecule has 1 unspecified atom stereocenters. The minimum absolute atomic E-state index is 0.0214. The highest BCUT2D eigenvalue weighted by Gasteiger charge is 2.32. The number of hydrogen-bond acceptors (Lipinski definition) is 1. The summed E-state index contributed by atoms with van der Waals surface area (Å²) in [6.07, 6.45) is 1.92. The van der Waals surface area contributed by atoms with Crippen molar-refractivity contribution in [2.75, 3.05) is 0 Å². The van der Waals surface area contributed by atoms with Gasteiger partial charge in [0.2, 0.25) is 0 Å². The van der Waals surface area contributed by atoms with Crippen LogP contribution in [0.25, 0.3) is 0 Å². The zero-order valence-corrected chi connectivity index (χ0v) is 8.85. The molecule has 2 atom stereocenters. The SMILES string of the molecule is C=CC(C)C(C)(C)[C@@H](C)C(C)=O. The first kappa shape index (κ1) is 11.4. The summed E-state index contributed by atoms with van der Waals surface area (Å²) in [5.41, 5.74) is 0.0214. The van der Waals surface area contributed by atoms with Crippen LogP contribution >= 0.6 is 0 Å². The van der Waals surface area contributed by atoms with Crippen LogP contribution in [0.4, 0.5) is 0 Å². The Balaban J connectivity index is 4.58. The Kier molecular flexibility index (Phi) is 3.69. The molecule has 0 amide bonds.